The van der Waals surface area contributed by atoms with E-state index in [9.17, 15) is 19.2 Å². The molecule has 4 amide bonds. The Morgan fingerprint density at radius 1 is 1.33 bits per heavy atom. The quantitative estimate of drug-likeness (QED) is 0.642. The fourth-order valence-electron chi connectivity index (χ4n) is 3.52. The molecule has 0 bridgehead atoms. The van der Waals surface area contributed by atoms with Gasteiger partial charge in [0, 0.05) is 29.6 Å². The molecule has 144 valence electrons. The number of hydrogen-bond donors (Lipinski definition) is 3. The molecule has 1 atom stereocenters. The summed E-state index contributed by atoms with van der Waals surface area (Å²) in [5.74, 6) is -1.26. The maximum absolute atomic E-state index is 12.7. The largest absolute Gasteiger partial charge is 0.347 e. The van der Waals surface area contributed by atoms with Crippen LogP contribution in [-0.2, 0) is 16.1 Å². The van der Waals surface area contributed by atoms with E-state index in [1.807, 2.05) is 13.8 Å². The zero-order valence-electron chi connectivity index (χ0n) is 15.5. The molecule has 2 aliphatic heterocycles. The average molecular weight is 372 g/mol. The Labute approximate surface area is 157 Å². The zero-order valence-corrected chi connectivity index (χ0v) is 15.5. The van der Waals surface area contributed by atoms with Crippen LogP contribution >= 0.6 is 0 Å². The Morgan fingerprint density at radius 3 is 2.74 bits per heavy atom. The molecule has 0 spiro atoms. The van der Waals surface area contributed by atoms with Gasteiger partial charge in [0.15, 0.2) is 0 Å². The molecule has 4 N–H and O–H groups in total. The lowest BCUT2D eigenvalue weighted by Gasteiger charge is -2.29. The molecule has 1 fully saturated rings. The van der Waals surface area contributed by atoms with Crippen LogP contribution in [0, 0.1) is 0 Å². The number of piperidine rings is 1. The van der Waals surface area contributed by atoms with E-state index >= 15 is 0 Å². The Balaban J connectivity index is 1.77. The minimum absolute atomic E-state index is 0.209. The number of fused-ring (bicyclic) bond motifs is 1. The number of nitrogens with zero attached hydrogens (tertiary/aromatic N) is 1. The van der Waals surface area contributed by atoms with Gasteiger partial charge in [0.05, 0.1) is 0 Å². The van der Waals surface area contributed by atoms with Gasteiger partial charge in [-0.2, -0.15) is 0 Å². The van der Waals surface area contributed by atoms with Crippen molar-refractivity contribution >= 4 is 23.6 Å². The van der Waals surface area contributed by atoms with Crippen LogP contribution in [0.1, 0.15) is 59.4 Å². The third-order valence-corrected chi connectivity index (χ3v) is 5.01. The number of carbonyl (C=O) groups is 4. The van der Waals surface area contributed by atoms with Crippen molar-refractivity contribution in [2.75, 3.05) is 6.54 Å². The lowest BCUT2D eigenvalue weighted by molar-refractivity contribution is -0.136. The van der Waals surface area contributed by atoms with Crippen LogP contribution in [0.2, 0.25) is 0 Å². The lowest BCUT2D eigenvalue weighted by atomic mass is 9.99. The Kier molecular flexibility index (Phi) is 5.01. The van der Waals surface area contributed by atoms with E-state index in [0.29, 0.717) is 36.1 Å². The second-order valence-corrected chi connectivity index (χ2v) is 7.65. The molecule has 1 saturated heterocycles. The molecule has 8 nitrogen and oxygen atoms in total. The number of rotatable bonds is 5. The first-order valence-corrected chi connectivity index (χ1v) is 9.02. The van der Waals surface area contributed by atoms with Crippen LogP contribution in [0.4, 0.5) is 0 Å². The first kappa shape index (κ1) is 19.0. The molecule has 1 unspecified atom stereocenters. The van der Waals surface area contributed by atoms with Gasteiger partial charge in [0.1, 0.15) is 6.04 Å². The van der Waals surface area contributed by atoms with Gasteiger partial charge in [-0.1, -0.05) is 0 Å². The van der Waals surface area contributed by atoms with Crippen molar-refractivity contribution in [2.24, 2.45) is 5.73 Å². The molecular weight excluding hydrogens is 348 g/mol. The van der Waals surface area contributed by atoms with Gasteiger partial charge < -0.3 is 16.0 Å². The fourth-order valence-corrected chi connectivity index (χ4v) is 3.52. The summed E-state index contributed by atoms with van der Waals surface area (Å²) >= 11 is 0. The maximum atomic E-state index is 12.7. The number of nitrogens with one attached hydrogen (secondary N) is 2. The molecule has 1 aromatic rings. The van der Waals surface area contributed by atoms with Crippen molar-refractivity contribution in [3.8, 4) is 0 Å². The molecule has 0 saturated carbocycles. The lowest BCUT2D eigenvalue weighted by Crippen LogP contribution is -2.52. The van der Waals surface area contributed by atoms with E-state index in [-0.39, 0.29) is 30.7 Å². The van der Waals surface area contributed by atoms with Gasteiger partial charge in [-0.3, -0.25) is 24.5 Å². The zero-order chi connectivity index (χ0) is 19.8. The van der Waals surface area contributed by atoms with E-state index in [2.05, 4.69) is 10.6 Å². The summed E-state index contributed by atoms with van der Waals surface area (Å²) in [6.45, 7) is 4.51. The molecule has 27 heavy (non-hydrogen) atoms. The molecule has 0 aliphatic carbocycles. The van der Waals surface area contributed by atoms with Gasteiger partial charge in [-0.25, -0.2) is 0 Å². The summed E-state index contributed by atoms with van der Waals surface area (Å²) in [4.78, 5) is 50.1. The first-order chi connectivity index (χ1) is 12.7. The average Bonchev–Trinajstić information content (AvgIpc) is 2.90. The summed E-state index contributed by atoms with van der Waals surface area (Å²) in [6, 6.07) is 4.25. The molecule has 8 heteroatoms. The standard InChI is InChI=1S/C19H24N4O4/c1-19(2,7-8-20)22-16(25)11-3-4-13-12(9-11)10-23(18(13)27)14-5-6-15(24)21-17(14)26/h3-4,9,14H,5-8,10,20H2,1-2H3,(H,22,25)(H,21,24,26). The summed E-state index contributed by atoms with van der Waals surface area (Å²) < 4.78 is 0. The van der Waals surface area contributed by atoms with Crippen molar-refractivity contribution in [3.05, 3.63) is 34.9 Å². The van der Waals surface area contributed by atoms with Crippen LogP contribution in [0.5, 0.6) is 0 Å². The van der Waals surface area contributed by atoms with Gasteiger partial charge in [0.25, 0.3) is 11.8 Å². The fraction of sp³-hybridized carbons (Fsp3) is 0.474. The van der Waals surface area contributed by atoms with Crippen molar-refractivity contribution < 1.29 is 19.2 Å². The maximum Gasteiger partial charge on any atom is 0.255 e. The molecule has 3 rings (SSSR count). The van der Waals surface area contributed by atoms with Crippen LogP contribution in [0.15, 0.2) is 18.2 Å². The number of nitrogens with two attached hydrogens (primary N) is 1. The third-order valence-electron chi connectivity index (χ3n) is 5.01. The summed E-state index contributed by atoms with van der Waals surface area (Å²) in [7, 11) is 0. The molecule has 2 heterocycles. The van der Waals surface area contributed by atoms with Crippen LogP contribution in [0.25, 0.3) is 0 Å². The van der Waals surface area contributed by atoms with E-state index < -0.39 is 17.5 Å². The topological polar surface area (TPSA) is 122 Å². The van der Waals surface area contributed by atoms with Gasteiger partial charge in [-0.15, -0.1) is 0 Å². The second-order valence-electron chi connectivity index (χ2n) is 7.65. The number of hydrogen-bond acceptors (Lipinski definition) is 5. The highest BCUT2D eigenvalue weighted by Crippen LogP contribution is 2.28. The highest BCUT2D eigenvalue weighted by Gasteiger charge is 2.39. The normalized spacial score (nSPS) is 19.7. The molecule has 0 radical (unpaired) electrons. The first-order valence-electron chi connectivity index (χ1n) is 9.02. The van der Waals surface area contributed by atoms with Crippen molar-refractivity contribution in [2.45, 2.75) is 51.2 Å². The monoisotopic (exact) mass is 372 g/mol. The number of imide groups is 1. The van der Waals surface area contributed by atoms with Crippen molar-refractivity contribution in [3.63, 3.8) is 0 Å². The van der Waals surface area contributed by atoms with Crippen molar-refractivity contribution in [1.82, 2.24) is 15.5 Å². The number of benzene rings is 1. The predicted octanol–water partition coefficient (Wildman–Crippen LogP) is 0.305. The van der Waals surface area contributed by atoms with Gasteiger partial charge >= 0.3 is 0 Å². The second kappa shape index (κ2) is 7.11. The van der Waals surface area contributed by atoms with E-state index in [1.165, 1.54) is 4.90 Å². The number of carbonyl (C=O) groups excluding carboxylic acids is 4. The van der Waals surface area contributed by atoms with E-state index in [0.717, 1.165) is 0 Å². The predicted molar refractivity (Wildman–Crippen MR) is 97.7 cm³/mol. The Hall–Kier alpha value is -2.74. The molecular formula is C19H24N4O4. The summed E-state index contributed by atoms with van der Waals surface area (Å²) in [5, 5.41) is 5.22. The third kappa shape index (κ3) is 3.85. The number of amides is 4. The minimum atomic E-state index is -0.664. The van der Waals surface area contributed by atoms with Crippen molar-refractivity contribution in [1.29, 1.82) is 0 Å². The summed E-state index contributed by atoms with van der Waals surface area (Å²) in [6.07, 6.45) is 1.16. The SMILES string of the molecule is CC(C)(CCN)NC(=O)c1ccc2c(c1)CN(C1CCC(=O)NC1=O)C2=O. The molecule has 2 aliphatic rings. The molecule has 1 aromatic carbocycles. The van der Waals surface area contributed by atoms with E-state index in [1.54, 1.807) is 18.2 Å². The van der Waals surface area contributed by atoms with Gasteiger partial charge in [-0.05, 0) is 57.0 Å². The minimum Gasteiger partial charge on any atom is -0.347 e. The Bertz CT molecular complexity index is 818. The van der Waals surface area contributed by atoms with Crippen LogP contribution < -0.4 is 16.4 Å². The van der Waals surface area contributed by atoms with Crippen LogP contribution in [-0.4, -0.2) is 46.7 Å². The summed E-state index contributed by atoms with van der Waals surface area (Å²) in [5.41, 5.74) is 6.79. The van der Waals surface area contributed by atoms with Crippen LogP contribution in [0.3, 0.4) is 0 Å². The smallest absolute Gasteiger partial charge is 0.255 e. The highest BCUT2D eigenvalue weighted by atomic mass is 16.2. The highest BCUT2D eigenvalue weighted by molar-refractivity contribution is 6.06. The van der Waals surface area contributed by atoms with Gasteiger partial charge in [0.2, 0.25) is 11.8 Å². The van der Waals surface area contributed by atoms with E-state index in [4.69, 9.17) is 5.73 Å². The molecule has 0 aromatic heterocycles. The Morgan fingerprint density at radius 2 is 2.07 bits per heavy atom.